The van der Waals surface area contributed by atoms with Crippen LogP contribution < -0.4 is 5.32 Å². The van der Waals surface area contributed by atoms with Crippen molar-refractivity contribution in [2.45, 2.75) is 45.1 Å². The largest absolute Gasteiger partial charge is 0.356 e. The lowest BCUT2D eigenvalue weighted by Gasteiger charge is -2.17. The van der Waals surface area contributed by atoms with Crippen molar-refractivity contribution >= 4 is 5.91 Å². The highest BCUT2D eigenvalue weighted by molar-refractivity contribution is 5.76. The van der Waals surface area contributed by atoms with E-state index in [2.05, 4.69) is 27.2 Å². The minimum Gasteiger partial charge on any atom is -0.356 e. The Kier molecular flexibility index (Phi) is 5.99. The van der Waals surface area contributed by atoms with Gasteiger partial charge in [0.2, 0.25) is 5.91 Å². The van der Waals surface area contributed by atoms with E-state index in [4.69, 9.17) is 0 Å². The van der Waals surface area contributed by atoms with Crippen LogP contribution in [-0.2, 0) is 11.2 Å². The van der Waals surface area contributed by atoms with Gasteiger partial charge in [0, 0.05) is 50.2 Å². The molecule has 114 valence electrons. The molecule has 0 spiro atoms. The summed E-state index contributed by atoms with van der Waals surface area (Å²) in [6.07, 6.45) is 13.3. The van der Waals surface area contributed by atoms with Gasteiger partial charge in [0.05, 0.1) is 6.33 Å². The summed E-state index contributed by atoms with van der Waals surface area (Å²) >= 11 is 0. The molecular weight excluding hydrogens is 266 g/mol. The first-order chi connectivity index (χ1) is 10.3. The molecule has 1 amide bonds. The average Bonchev–Trinajstić information content (AvgIpc) is 3.16. The van der Waals surface area contributed by atoms with E-state index in [9.17, 15) is 4.79 Å². The summed E-state index contributed by atoms with van der Waals surface area (Å²) in [4.78, 5) is 23.3. The molecule has 2 N–H and O–H groups in total. The first-order valence-corrected chi connectivity index (χ1v) is 7.52. The lowest BCUT2D eigenvalue weighted by molar-refractivity contribution is -0.121. The number of hydrogen-bond donors (Lipinski definition) is 2. The van der Waals surface area contributed by atoms with Crippen molar-refractivity contribution in [1.29, 1.82) is 0 Å². The lowest BCUT2D eigenvalue weighted by atomic mass is 10.1. The number of aromatic amines is 1. The van der Waals surface area contributed by atoms with Crippen LogP contribution in [0.25, 0.3) is 0 Å². The number of H-pyrrole nitrogens is 1. The number of aromatic nitrogens is 4. The zero-order chi connectivity index (χ0) is 14.9. The van der Waals surface area contributed by atoms with E-state index in [1.807, 2.05) is 17.0 Å². The Balaban J connectivity index is 1.69. The number of aryl methyl sites for hydroxylation is 1. The molecular formula is C15H23N5O. The van der Waals surface area contributed by atoms with Crippen LogP contribution in [0.5, 0.6) is 0 Å². The highest BCUT2D eigenvalue weighted by Gasteiger charge is 2.14. The van der Waals surface area contributed by atoms with Gasteiger partial charge in [0.15, 0.2) is 0 Å². The molecule has 6 nitrogen and oxygen atoms in total. The van der Waals surface area contributed by atoms with Gasteiger partial charge in [-0.25, -0.2) is 9.97 Å². The van der Waals surface area contributed by atoms with Crippen LogP contribution in [-0.4, -0.2) is 32.0 Å². The van der Waals surface area contributed by atoms with Gasteiger partial charge in [-0.3, -0.25) is 4.79 Å². The van der Waals surface area contributed by atoms with E-state index >= 15 is 0 Å². The Hall–Kier alpha value is -2.11. The van der Waals surface area contributed by atoms with E-state index in [0.29, 0.717) is 13.0 Å². The molecule has 0 aliphatic carbocycles. The maximum Gasteiger partial charge on any atom is 0.222 e. The van der Waals surface area contributed by atoms with Crippen LogP contribution in [0.15, 0.2) is 31.1 Å². The number of nitrogens with one attached hydrogen (secondary N) is 2. The van der Waals surface area contributed by atoms with Gasteiger partial charge in [-0.1, -0.05) is 13.3 Å². The van der Waals surface area contributed by atoms with Crippen molar-refractivity contribution in [3.05, 3.63) is 36.9 Å². The summed E-state index contributed by atoms with van der Waals surface area (Å²) in [5, 5.41) is 2.98. The third kappa shape index (κ3) is 5.06. The summed E-state index contributed by atoms with van der Waals surface area (Å²) in [6, 6.07) is 0.197. The van der Waals surface area contributed by atoms with Crippen molar-refractivity contribution in [2.75, 3.05) is 6.54 Å². The summed E-state index contributed by atoms with van der Waals surface area (Å²) in [5.74, 6) is 1.06. The zero-order valence-corrected chi connectivity index (χ0v) is 12.5. The third-order valence-corrected chi connectivity index (χ3v) is 3.46. The van der Waals surface area contributed by atoms with Crippen LogP contribution >= 0.6 is 0 Å². The number of nitrogens with zero attached hydrogens (tertiary/aromatic N) is 3. The van der Waals surface area contributed by atoms with Crippen molar-refractivity contribution in [1.82, 2.24) is 24.8 Å². The first-order valence-electron chi connectivity index (χ1n) is 7.52. The van der Waals surface area contributed by atoms with E-state index in [-0.39, 0.29) is 11.9 Å². The second-order valence-corrected chi connectivity index (χ2v) is 5.15. The van der Waals surface area contributed by atoms with E-state index in [1.54, 1.807) is 18.7 Å². The molecule has 2 heterocycles. The summed E-state index contributed by atoms with van der Waals surface area (Å²) < 4.78 is 2.02. The number of carbonyl (C=O) groups is 1. The third-order valence-electron chi connectivity index (χ3n) is 3.46. The Morgan fingerprint density at radius 3 is 3.05 bits per heavy atom. The molecule has 0 bridgehead atoms. The Morgan fingerprint density at radius 1 is 1.48 bits per heavy atom. The average molecular weight is 289 g/mol. The number of rotatable bonds is 9. The standard InChI is InChI=1S/C15H23N5O/c1-2-4-13(20-10-9-16-12-20)11-15(21)19-6-3-5-14-17-7-8-18-14/h7-10,12-13H,2-6,11H2,1H3,(H,17,18)(H,19,21). The Morgan fingerprint density at radius 2 is 2.38 bits per heavy atom. The zero-order valence-electron chi connectivity index (χ0n) is 12.5. The topological polar surface area (TPSA) is 75.6 Å². The molecule has 0 saturated carbocycles. The monoisotopic (exact) mass is 289 g/mol. The van der Waals surface area contributed by atoms with Gasteiger partial charge in [-0.15, -0.1) is 0 Å². The first kappa shape index (κ1) is 15.3. The number of imidazole rings is 2. The normalized spacial score (nSPS) is 12.2. The van der Waals surface area contributed by atoms with E-state index < -0.39 is 0 Å². The molecule has 2 aromatic heterocycles. The fourth-order valence-electron chi connectivity index (χ4n) is 2.38. The Labute approximate surface area is 125 Å². The van der Waals surface area contributed by atoms with Gasteiger partial charge in [-0.2, -0.15) is 0 Å². The smallest absolute Gasteiger partial charge is 0.222 e. The second-order valence-electron chi connectivity index (χ2n) is 5.15. The molecule has 1 atom stereocenters. The van der Waals surface area contributed by atoms with E-state index in [1.165, 1.54) is 0 Å². The van der Waals surface area contributed by atoms with Crippen LogP contribution in [0.1, 0.15) is 44.5 Å². The minimum atomic E-state index is 0.0987. The minimum absolute atomic E-state index is 0.0987. The predicted molar refractivity (Wildman–Crippen MR) is 80.7 cm³/mol. The lowest BCUT2D eigenvalue weighted by Crippen LogP contribution is -2.27. The fraction of sp³-hybridized carbons (Fsp3) is 0.533. The molecule has 0 aliphatic rings. The molecule has 0 aromatic carbocycles. The highest BCUT2D eigenvalue weighted by atomic mass is 16.1. The van der Waals surface area contributed by atoms with Crippen LogP contribution in [0.2, 0.25) is 0 Å². The summed E-state index contributed by atoms with van der Waals surface area (Å²) in [6.45, 7) is 2.81. The molecule has 2 aromatic rings. The molecule has 0 aliphatic heterocycles. The SMILES string of the molecule is CCCC(CC(=O)NCCCc1ncc[nH]1)n1ccnc1. The van der Waals surface area contributed by atoms with E-state index in [0.717, 1.165) is 31.5 Å². The molecule has 0 saturated heterocycles. The summed E-state index contributed by atoms with van der Waals surface area (Å²) in [5.41, 5.74) is 0. The van der Waals surface area contributed by atoms with Gasteiger partial charge in [0.1, 0.15) is 5.82 Å². The number of hydrogen-bond acceptors (Lipinski definition) is 3. The second kappa shape index (κ2) is 8.24. The van der Waals surface area contributed by atoms with Gasteiger partial charge in [-0.05, 0) is 12.8 Å². The van der Waals surface area contributed by atoms with Gasteiger partial charge >= 0.3 is 0 Å². The van der Waals surface area contributed by atoms with Crippen molar-refractivity contribution in [3.8, 4) is 0 Å². The highest BCUT2D eigenvalue weighted by Crippen LogP contribution is 2.17. The maximum atomic E-state index is 12.0. The van der Waals surface area contributed by atoms with Crippen LogP contribution in [0, 0.1) is 0 Å². The van der Waals surface area contributed by atoms with Crippen molar-refractivity contribution < 1.29 is 4.79 Å². The molecule has 2 rings (SSSR count). The molecule has 0 radical (unpaired) electrons. The molecule has 1 unspecified atom stereocenters. The predicted octanol–water partition coefficient (Wildman–Crippen LogP) is 2.09. The van der Waals surface area contributed by atoms with Crippen molar-refractivity contribution in [2.24, 2.45) is 0 Å². The fourth-order valence-corrected chi connectivity index (χ4v) is 2.38. The number of carbonyl (C=O) groups excluding carboxylic acids is 1. The number of amides is 1. The molecule has 21 heavy (non-hydrogen) atoms. The summed E-state index contributed by atoms with van der Waals surface area (Å²) in [7, 11) is 0. The van der Waals surface area contributed by atoms with Crippen LogP contribution in [0.4, 0.5) is 0 Å². The van der Waals surface area contributed by atoms with Crippen molar-refractivity contribution in [3.63, 3.8) is 0 Å². The quantitative estimate of drug-likeness (QED) is 0.694. The van der Waals surface area contributed by atoms with Gasteiger partial charge in [0.25, 0.3) is 0 Å². The molecule has 6 heteroatoms. The Bertz CT molecular complexity index is 506. The van der Waals surface area contributed by atoms with Crippen LogP contribution in [0.3, 0.4) is 0 Å². The maximum absolute atomic E-state index is 12.0. The van der Waals surface area contributed by atoms with Gasteiger partial charge < -0.3 is 14.9 Å². The molecule has 0 fully saturated rings.